The SMILES string of the molecule is COc1cc2c(N)nc(N3CCN(C(=O)CC(N)c4ccc(F)cc4)CC3c3ccccc3)nc2c(F)c1OC.Cl. The van der Waals surface area contributed by atoms with Gasteiger partial charge in [0.15, 0.2) is 17.3 Å². The second-order valence-corrected chi connectivity index (χ2v) is 9.55. The number of piperazine rings is 1. The van der Waals surface area contributed by atoms with Crippen LogP contribution in [0.25, 0.3) is 10.9 Å². The van der Waals surface area contributed by atoms with Gasteiger partial charge in [0.05, 0.1) is 20.3 Å². The Hall–Kier alpha value is -4.22. The summed E-state index contributed by atoms with van der Waals surface area (Å²) in [6.07, 6.45) is 0.0689. The van der Waals surface area contributed by atoms with Crippen molar-refractivity contribution in [3.05, 3.63) is 83.4 Å². The lowest BCUT2D eigenvalue weighted by atomic mass is 10.0. The Kier molecular flexibility index (Phi) is 9.09. The largest absolute Gasteiger partial charge is 0.493 e. The quantitative estimate of drug-likeness (QED) is 0.328. The summed E-state index contributed by atoms with van der Waals surface area (Å²) >= 11 is 0. The molecule has 2 heterocycles. The monoisotopic (exact) mass is 584 g/mol. The van der Waals surface area contributed by atoms with Gasteiger partial charge in [-0.25, -0.2) is 13.8 Å². The number of nitrogen functional groups attached to an aromatic ring is 1. The molecule has 0 radical (unpaired) electrons. The van der Waals surface area contributed by atoms with Gasteiger partial charge in [0, 0.05) is 37.5 Å². The van der Waals surface area contributed by atoms with E-state index in [4.69, 9.17) is 20.9 Å². The van der Waals surface area contributed by atoms with Crippen LogP contribution in [0.15, 0.2) is 60.7 Å². The number of methoxy groups -OCH3 is 2. The summed E-state index contributed by atoms with van der Waals surface area (Å²) < 4.78 is 39.2. The molecule has 0 aliphatic carbocycles. The minimum Gasteiger partial charge on any atom is -0.493 e. The summed E-state index contributed by atoms with van der Waals surface area (Å²) in [5, 5.41) is 0.304. The summed E-state index contributed by atoms with van der Waals surface area (Å²) in [6.45, 7) is 1.07. The van der Waals surface area contributed by atoms with Crippen LogP contribution in [0.5, 0.6) is 11.5 Å². The summed E-state index contributed by atoms with van der Waals surface area (Å²) in [7, 11) is 2.76. The molecule has 4 aromatic rings. The minimum absolute atomic E-state index is 0. The van der Waals surface area contributed by atoms with Crippen molar-refractivity contribution in [1.29, 1.82) is 0 Å². The molecule has 1 saturated heterocycles. The molecule has 41 heavy (non-hydrogen) atoms. The van der Waals surface area contributed by atoms with E-state index in [9.17, 15) is 9.18 Å². The number of carbonyl (C=O) groups is 1. The highest BCUT2D eigenvalue weighted by atomic mass is 35.5. The molecule has 9 nitrogen and oxygen atoms in total. The first-order valence-electron chi connectivity index (χ1n) is 12.8. The highest BCUT2D eigenvalue weighted by Gasteiger charge is 2.33. The summed E-state index contributed by atoms with van der Waals surface area (Å²) in [5.41, 5.74) is 14.2. The van der Waals surface area contributed by atoms with Crippen LogP contribution in [0.1, 0.15) is 29.6 Å². The molecule has 0 spiro atoms. The summed E-state index contributed by atoms with van der Waals surface area (Å²) in [5.74, 6) is -0.754. The number of amides is 1. The Morgan fingerprint density at radius 2 is 1.76 bits per heavy atom. The van der Waals surface area contributed by atoms with Crippen LogP contribution in [0.4, 0.5) is 20.5 Å². The average Bonchev–Trinajstić information content (AvgIpc) is 2.97. The van der Waals surface area contributed by atoms with Crippen molar-refractivity contribution < 1.29 is 23.0 Å². The Morgan fingerprint density at radius 3 is 2.41 bits per heavy atom. The molecule has 1 fully saturated rings. The van der Waals surface area contributed by atoms with E-state index in [0.29, 0.717) is 30.6 Å². The van der Waals surface area contributed by atoms with E-state index >= 15 is 4.39 Å². The number of benzene rings is 3. The highest BCUT2D eigenvalue weighted by molar-refractivity contribution is 5.92. The third-order valence-electron chi connectivity index (χ3n) is 7.16. The molecule has 0 bridgehead atoms. The van der Waals surface area contributed by atoms with Gasteiger partial charge in [-0.3, -0.25) is 4.79 Å². The topological polar surface area (TPSA) is 120 Å². The lowest BCUT2D eigenvalue weighted by molar-refractivity contribution is -0.132. The molecular formula is C29H31ClF2N6O3. The van der Waals surface area contributed by atoms with E-state index in [-0.39, 0.29) is 65.4 Å². The number of nitrogens with zero attached hydrogens (tertiary/aromatic N) is 4. The van der Waals surface area contributed by atoms with Crippen molar-refractivity contribution in [2.45, 2.75) is 18.5 Å². The first kappa shape index (κ1) is 29.8. The zero-order valence-corrected chi connectivity index (χ0v) is 23.4. The number of hydrogen-bond acceptors (Lipinski definition) is 8. The third-order valence-corrected chi connectivity index (χ3v) is 7.16. The number of fused-ring (bicyclic) bond motifs is 1. The number of hydrogen-bond donors (Lipinski definition) is 2. The maximum absolute atomic E-state index is 15.5. The van der Waals surface area contributed by atoms with Crippen LogP contribution in [-0.2, 0) is 4.79 Å². The van der Waals surface area contributed by atoms with Gasteiger partial charge >= 0.3 is 0 Å². The predicted octanol–water partition coefficient (Wildman–Crippen LogP) is 4.41. The van der Waals surface area contributed by atoms with Gasteiger partial charge < -0.3 is 30.7 Å². The van der Waals surface area contributed by atoms with Gasteiger partial charge in [0.1, 0.15) is 17.2 Å². The fourth-order valence-electron chi connectivity index (χ4n) is 5.02. The van der Waals surface area contributed by atoms with Crippen LogP contribution in [-0.4, -0.2) is 54.6 Å². The van der Waals surface area contributed by atoms with E-state index in [1.54, 1.807) is 23.1 Å². The molecule has 216 valence electrons. The zero-order valence-electron chi connectivity index (χ0n) is 22.6. The fourth-order valence-corrected chi connectivity index (χ4v) is 5.02. The van der Waals surface area contributed by atoms with Gasteiger partial charge in [0.2, 0.25) is 11.9 Å². The first-order chi connectivity index (χ1) is 19.3. The Bertz CT molecular complexity index is 1530. The van der Waals surface area contributed by atoms with Crippen LogP contribution < -0.4 is 25.8 Å². The number of aromatic nitrogens is 2. The Morgan fingerprint density at radius 1 is 1.05 bits per heavy atom. The lowest BCUT2D eigenvalue weighted by Gasteiger charge is -2.42. The molecule has 0 saturated carbocycles. The fraction of sp³-hybridized carbons (Fsp3) is 0.276. The molecule has 2 atom stereocenters. The number of rotatable bonds is 7. The van der Waals surface area contributed by atoms with Gasteiger partial charge in [-0.1, -0.05) is 42.5 Å². The van der Waals surface area contributed by atoms with Crippen LogP contribution >= 0.6 is 12.4 Å². The smallest absolute Gasteiger partial charge is 0.228 e. The number of anilines is 2. The average molecular weight is 585 g/mol. The van der Waals surface area contributed by atoms with E-state index in [0.717, 1.165) is 5.56 Å². The molecule has 1 aromatic heterocycles. The number of nitrogens with two attached hydrogens (primary N) is 2. The Balaban J connectivity index is 0.00000387. The molecule has 1 aliphatic heterocycles. The molecular weight excluding hydrogens is 554 g/mol. The van der Waals surface area contributed by atoms with Gasteiger partial charge in [-0.15, -0.1) is 12.4 Å². The number of carbonyl (C=O) groups excluding carboxylic acids is 1. The first-order valence-corrected chi connectivity index (χ1v) is 12.8. The lowest BCUT2D eigenvalue weighted by Crippen LogP contribution is -2.51. The van der Waals surface area contributed by atoms with Crippen molar-refractivity contribution in [2.24, 2.45) is 5.73 Å². The van der Waals surface area contributed by atoms with Gasteiger partial charge in [-0.2, -0.15) is 4.98 Å². The standard InChI is InChI=1S/C29H30F2N6O3.ClH/c1-39-23-14-20-26(25(31)27(23)40-2)34-29(35-28(20)33)37-13-12-36(16-22(37)18-6-4-3-5-7-18)24(38)15-21(32)17-8-10-19(30)11-9-17;/h3-11,14,21-22H,12-13,15-16,32H2,1-2H3,(H2,33,34,35);1H. The Labute approximate surface area is 242 Å². The van der Waals surface area contributed by atoms with Crippen LogP contribution in [0.3, 0.4) is 0 Å². The van der Waals surface area contributed by atoms with E-state index in [1.807, 2.05) is 35.2 Å². The van der Waals surface area contributed by atoms with E-state index in [1.165, 1.54) is 26.4 Å². The second-order valence-electron chi connectivity index (χ2n) is 9.55. The van der Waals surface area contributed by atoms with E-state index in [2.05, 4.69) is 9.97 Å². The number of ether oxygens (including phenoxy) is 2. The molecule has 3 aromatic carbocycles. The highest BCUT2D eigenvalue weighted by Crippen LogP contribution is 2.39. The molecule has 4 N–H and O–H groups in total. The number of halogens is 3. The molecule has 1 aliphatic rings. The molecule has 1 amide bonds. The van der Waals surface area contributed by atoms with Crippen molar-refractivity contribution in [2.75, 3.05) is 44.5 Å². The predicted molar refractivity (Wildman–Crippen MR) is 155 cm³/mol. The second kappa shape index (κ2) is 12.5. The molecule has 2 unspecified atom stereocenters. The minimum atomic E-state index is -0.702. The van der Waals surface area contributed by atoms with Crippen molar-refractivity contribution in [3.63, 3.8) is 0 Å². The van der Waals surface area contributed by atoms with Crippen molar-refractivity contribution >= 4 is 41.0 Å². The molecule has 5 rings (SSSR count). The summed E-state index contributed by atoms with van der Waals surface area (Å²) in [4.78, 5) is 26.0. The third kappa shape index (κ3) is 5.96. The zero-order chi connectivity index (χ0) is 28.4. The maximum atomic E-state index is 15.5. The van der Waals surface area contributed by atoms with E-state index < -0.39 is 11.9 Å². The van der Waals surface area contributed by atoms with Gasteiger partial charge in [-0.05, 0) is 29.3 Å². The maximum Gasteiger partial charge on any atom is 0.228 e. The summed E-state index contributed by atoms with van der Waals surface area (Å²) in [6, 6.07) is 16.1. The molecule has 12 heteroatoms. The van der Waals surface area contributed by atoms with Crippen molar-refractivity contribution in [3.8, 4) is 11.5 Å². The van der Waals surface area contributed by atoms with Crippen LogP contribution in [0, 0.1) is 11.6 Å². The van der Waals surface area contributed by atoms with Crippen molar-refractivity contribution in [1.82, 2.24) is 14.9 Å². The normalized spacial score (nSPS) is 15.8. The van der Waals surface area contributed by atoms with Crippen LogP contribution in [0.2, 0.25) is 0 Å². The van der Waals surface area contributed by atoms with Gasteiger partial charge in [0.25, 0.3) is 0 Å².